The minimum Gasteiger partial charge on any atom is -0.446 e. The molecule has 1 N–H and O–H groups in total. The predicted octanol–water partition coefficient (Wildman–Crippen LogP) is 0.0841. The van der Waals surface area contributed by atoms with Gasteiger partial charge in [0.1, 0.15) is 5.76 Å². The highest BCUT2D eigenvalue weighted by Gasteiger charge is 2.11. The largest absolute Gasteiger partial charge is 0.446 e. The highest BCUT2D eigenvalue weighted by Crippen LogP contribution is 2.06. The number of oxazole rings is 1. The van der Waals surface area contributed by atoms with Crippen LogP contribution in [-0.4, -0.2) is 54.4 Å². The van der Waals surface area contributed by atoms with Crippen molar-refractivity contribution in [1.29, 1.82) is 0 Å². The molecular formula is C11H18N2O3. The van der Waals surface area contributed by atoms with Crippen LogP contribution in [0.5, 0.6) is 0 Å². The summed E-state index contributed by atoms with van der Waals surface area (Å²) in [7, 11) is 0. The van der Waals surface area contributed by atoms with Gasteiger partial charge >= 0.3 is 0 Å². The molecule has 5 nitrogen and oxygen atoms in total. The maximum Gasteiger partial charge on any atom is 0.195 e. The van der Waals surface area contributed by atoms with Crippen LogP contribution < -0.4 is 0 Å². The molecule has 1 aromatic heterocycles. The van der Waals surface area contributed by atoms with E-state index in [9.17, 15) is 0 Å². The van der Waals surface area contributed by atoms with Crippen molar-refractivity contribution in [3.63, 3.8) is 0 Å². The van der Waals surface area contributed by atoms with E-state index in [1.165, 1.54) is 0 Å². The smallest absolute Gasteiger partial charge is 0.195 e. The molecule has 5 heteroatoms. The first-order valence-electron chi connectivity index (χ1n) is 5.73. The van der Waals surface area contributed by atoms with Gasteiger partial charge in [0.05, 0.1) is 26.0 Å². The lowest BCUT2D eigenvalue weighted by molar-refractivity contribution is 0.0377. The number of aromatic nitrogens is 1. The monoisotopic (exact) mass is 226 g/mol. The third kappa shape index (κ3) is 3.30. The molecule has 0 spiro atoms. The third-order valence-electron chi connectivity index (χ3n) is 2.71. The average molecular weight is 226 g/mol. The van der Waals surface area contributed by atoms with Crippen LogP contribution in [0.15, 0.2) is 10.6 Å². The molecule has 0 amide bonds. The van der Waals surface area contributed by atoms with Crippen LogP contribution in [0.2, 0.25) is 0 Å². The highest BCUT2D eigenvalue weighted by molar-refractivity contribution is 4.94. The van der Waals surface area contributed by atoms with Gasteiger partial charge in [0.15, 0.2) is 5.89 Å². The van der Waals surface area contributed by atoms with Crippen LogP contribution in [0.4, 0.5) is 0 Å². The lowest BCUT2D eigenvalue weighted by Crippen LogP contribution is -2.37. The molecule has 0 radical (unpaired) electrons. The minimum atomic E-state index is 0.109. The number of aliphatic hydroxyl groups is 1. The number of ether oxygens (including phenoxy) is 1. The van der Waals surface area contributed by atoms with Gasteiger partial charge in [-0.25, -0.2) is 4.98 Å². The molecule has 1 fully saturated rings. The maximum atomic E-state index is 8.75. The van der Waals surface area contributed by atoms with Gasteiger partial charge in [0.25, 0.3) is 0 Å². The summed E-state index contributed by atoms with van der Waals surface area (Å²) in [6, 6.07) is 0. The summed E-state index contributed by atoms with van der Waals surface area (Å²) in [5.74, 6) is 1.52. The Balaban J connectivity index is 1.75. The first kappa shape index (κ1) is 11.6. The summed E-state index contributed by atoms with van der Waals surface area (Å²) in [4.78, 5) is 6.53. The molecule has 0 saturated carbocycles. The molecule has 2 heterocycles. The van der Waals surface area contributed by atoms with E-state index in [4.69, 9.17) is 14.3 Å². The number of rotatable bonds is 5. The van der Waals surface area contributed by atoms with Gasteiger partial charge in [-0.3, -0.25) is 4.90 Å². The Kier molecular flexibility index (Phi) is 4.33. The summed E-state index contributed by atoms with van der Waals surface area (Å²) in [6.07, 6.45) is 3.07. The topological polar surface area (TPSA) is 58.7 Å². The summed E-state index contributed by atoms with van der Waals surface area (Å²) in [5, 5.41) is 8.75. The van der Waals surface area contributed by atoms with Crippen molar-refractivity contribution in [2.75, 3.05) is 39.5 Å². The molecule has 16 heavy (non-hydrogen) atoms. The van der Waals surface area contributed by atoms with Gasteiger partial charge in [-0.15, -0.1) is 0 Å². The third-order valence-corrected chi connectivity index (χ3v) is 2.71. The maximum absolute atomic E-state index is 8.75. The van der Waals surface area contributed by atoms with Gasteiger partial charge in [-0.05, 0) is 0 Å². The van der Waals surface area contributed by atoms with Crippen molar-refractivity contribution >= 4 is 0 Å². The summed E-state index contributed by atoms with van der Waals surface area (Å²) in [5.41, 5.74) is 0. The van der Waals surface area contributed by atoms with Gasteiger partial charge in [-0.1, -0.05) is 0 Å². The highest BCUT2D eigenvalue weighted by atomic mass is 16.5. The number of aliphatic hydroxyl groups excluding tert-OH is 1. The molecule has 1 aromatic rings. The van der Waals surface area contributed by atoms with Crippen molar-refractivity contribution in [3.8, 4) is 0 Å². The first-order chi connectivity index (χ1) is 7.88. The molecule has 0 bridgehead atoms. The molecule has 0 atom stereocenters. The van der Waals surface area contributed by atoms with Crippen molar-refractivity contribution in [2.24, 2.45) is 0 Å². The Morgan fingerprint density at radius 3 is 2.88 bits per heavy atom. The van der Waals surface area contributed by atoms with Crippen molar-refractivity contribution in [2.45, 2.75) is 12.8 Å². The van der Waals surface area contributed by atoms with E-state index in [-0.39, 0.29) is 6.61 Å². The van der Waals surface area contributed by atoms with E-state index in [0.717, 1.165) is 50.9 Å². The SMILES string of the molecule is OCCc1cnc(CCN2CCOCC2)o1. The van der Waals surface area contributed by atoms with E-state index < -0.39 is 0 Å². The Morgan fingerprint density at radius 1 is 1.31 bits per heavy atom. The van der Waals surface area contributed by atoms with E-state index in [1.54, 1.807) is 6.20 Å². The molecule has 0 aliphatic carbocycles. The van der Waals surface area contributed by atoms with Gasteiger partial charge in [0.2, 0.25) is 0 Å². The summed E-state index contributed by atoms with van der Waals surface area (Å²) >= 11 is 0. The van der Waals surface area contributed by atoms with Crippen LogP contribution in [0.1, 0.15) is 11.7 Å². The van der Waals surface area contributed by atoms with E-state index in [0.29, 0.717) is 6.42 Å². The van der Waals surface area contributed by atoms with Gasteiger partial charge in [-0.2, -0.15) is 0 Å². The fraction of sp³-hybridized carbons (Fsp3) is 0.727. The second kappa shape index (κ2) is 5.98. The van der Waals surface area contributed by atoms with Crippen LogP contribution in [0, 0.1) is 0 Å². The molecule has 90 valence electrons. The standard InChI is InChI=1S/C11H18N2O3/c14-6-2-10-9-12-11(16-10)1-3-13-4-7-15-8-5-13/h9,14H,1-8H2. The Morgan fingerprint density at radius 2 is 2.12 bits per heavy atom. The Hall–Kier alpha value is -0.910. The molecule has 0 unspecified atom stereocenters. The van der Waals surface area contributed by atoms with Crippen molar-refractivity contribution in [1.82, 2.24) is 9.88 Å². The second-order valence-corrected chi connectivity index (χ2v) is 3.90. The predicted molar refractivity (Wildman–Crippen MR) is 58.3 cm³/mol. The average Bonchev–Trinajstić information content (AvgIpc) is 2.76. The molecule has 1 aliphatic heterocycles. The van der Waals surface area contributed by atoms with Crippen molar-refractivity contribution in [3.05, 3.63) is 17.8 Å². The normalized spacial score (nSPS) is 17.8. The zero-order valence-electron chi connectivity index (χ0n) is 9.39. The van der Waals surface area contributed by atoms with Gasteiger partial charge in [0, 0.05) is 32.5 Å². The fourth-order valence-electron chi connectivity index (χ4n) is 1.77. The minimum absolute atomic E-state index is 0.109. The van der Waals surface area contributed by atoms with Crippen LogP contribution >= 0.6 is 0 Å². The number of morpholine rings is 1. The van der Waals surface area contributed by atoms with E-state index in [1.807, 2.05) is 0 Å². The molecule has 0 aromatic carbocycles. The molecule has 1 aliphatic rings. The summed E-state index contributed by atoms with van der Waals surface area (Å²) in [6.45, 7) is 4.69. The van der Waals surface area contributed by atoms with Crippen LogP contribution in [-0.2, 0) is 17.6 Å². The van der Waals surface area contributed by atoms with Crippen molar-refractivity contribution < 1.29 is 14.3 Å². The van der Waals surface area contributed by atoms with Crippen LogP contribution in [0.25, 0.3) is 0 Å². The number of hydrogen-bond donors (Lipinski definition) is 1. The zero-order valence-corrected chi connectivity index (χ0v) is 9.39. The lowest BCUT2D eigenvalue weighted by Gasteiger charge is -2.25. The zero-order chi connectivity index (χ0) is 11.2. The number of hydrogen-bond acceptors (Lipinski definition) is 5. The fourth-order valence-corrected chi connectivity index (χ4v) is 1.77. The summed E-state index contributed by atoms with van der Waals surface area (Å²) < 4.78 is 10.8. The van der Waals surface area contributed by atoms with Crippen LogP contribution in [0.3, 0.4) is 0 Å². The quantitative estimate of drug-likeness (QED) is 0.770. The van der Waals surface area contributed by atoms with E-state index >= 15 is 0 Å². The Bertz CT molecular complexity index is 308. The Labute approximate surface area is 95.0 Å². The molecule has 2 rings (SSSR count). The van der Waals surface area contributed by atoms with Gasteiger partial charge < -0.3 is 14.3 Å². The first-order valence-corrected chi connectivity index (χ1v) is 5.73. The number of nitrogens with zero attached hydrogens (tertiary/aromatic N) is 2. The van der Waals surface area contributed by atoms with E-state index in [2.05, 4.69) is 9.88 Å². The molecular weight excluding hydrogens is 208 g/mol. The lowest BCUT2D eigenvalue weighted by atomic mass is 10.3. The molecule has 1 saturated heterocycles. The second-order valence-electron chi connectivity index (χ2n) is 3.90.